The van der Waals surface area contributed by atoms with E-state index < -0.39 is 0 Å². The monoisotopic (exact) mass is 361 g/mol. The molecule has 0 saturated carbocycles. The number of aromatic nitrogens is 1. The van der Waals surface area contributed by atoms with Crippen molar-refractivity contribution in [2.24, 2.45) is 0 Å². The normalized spacial score (nSPS) is 15.0. The molecule has 2 heterocycles. The fraction of sp³-hybridized carbons (Fsp3) is 0.333. The van der Waals surface area contributed by atoms with Gasteiger partial charge in [-0.25, -0.2) is 0 Å². The molecule has 25 heavy (non-hydrogen) atoms. The molecule has 2 amide bonds. The van der Waals surface area contributed by atoms with Crippen molar-refractivity contribution in [2.45, 2.75) is 6.42 Å². The van der Waals surface area contributed by atoms with Gasteiger partial charge in [-0.05, 0) is 36.8 Å². The smallest absolute Gasteiger partial charge is 0.270 e. The number of ether oxygens (including phenoxy) is 1. The van der Waals surface area contributed by atoms with Crippen LogP contribution in [0.15, 0.2) is 36.5 Å². The maximum atomic E-state index is 12.8. The number of aromatic amines is 1. The summed E-state index contributed by atoms with van der Waals surface area (Å²) in [6.07, 6.45) is 2.46. The van der Waals surface area contributed by atoms with Crippen LogP contribution in [0.5, 0.6) is 5.75 Å². The average Bonchev–Trinajstić information content (AvgIpc) is 3.05. The van der Waals surface area contributed by atoms with Crippen LogP contribution in [0.1, 0.15) is 27.3 Å². The third-order valence-electron chi connectivity index (χ3n) is 4.31. The number of carbonyl (C=O) groups is 2. The molecule has 1 aromatic heterocycles. The Morgan fingerprint density at radius 3 is 2.40 bits per heavy atom. The Morgan fingerprint density at radius 1 is 1.08 bits per heavy atom. The Kier molecular flexibility index (Phi) is 5.28. The van der Waals surface area contributed by atoms with E-state index in [1.54, 1.807) is 53.4 Å². The quantitative estimate of drug-likeness (QED) is 0.914. The van der Waals surface area contributed by atoms with Crippen LogP contribution in [-0.4, -0.2) is 59.9 Å². The van der Waals surface area contributed by atoms with E-state index in [2.05, 4.69) is 4.98 Å². The van der Waals surface area contributed by atoms with Crippen molar-refractivity contribution in [3.8, 4) is 5.75 Å². The Hall–Kier alpha value is -2.47. The number of rotatable bonds is 3. The maximum Gasteiger partial charge on any atom is 0.270 e. The molecular formula is C18H20ClN3O3. The highest BCUT2D eigenvalue weighted by molar-refractivity contribution is 6.34. The SMILES string of the molecule is COc1ccc(C(=O)N2CCCN(C(=O)c3ccc[nH]3)CC2)c(Cl)c1. The zero-order valence-corrected chi connectivity index (χ0v) is 14.8. The van der Waals surface area contributed by atoms with Gasteiger partial charge in [-0.1, -0.05) is 11.6 Å². The van der Waals surface area contributed by atoms with E-state index in [0.717, 1.165) is 6.42 Å². The van der Waals surface area contributed by atoms with Crippen LogP contribution in [0, 0.1) is 0 Å². The summed E-state index contributed by atoms with van der Waals surface area (Å²) in [7, 11) is 1.55. The molecule has 1 N–H and O–H groups in total. The van der Waals surface area contributed by atoms with E-state index in [1.807, 2.05) is 0 Å². The first-order valence-electron chi connectivity index (χ1n) is 8.15. The summed E-state index contributed by atoms with van der Waals surface area (Å²) in [6, 6.07) is 8.59. The van der Waals surface area contributed by atoms with E-state index in [4.69, 9.17) is 16.3 Å². The number of nitrogens with zero attached hydrogens (tertiary/aromatic N) is 2. The number of hydrogen-bond acceptors (Lipinski definition) is 3. The van der Waals surface area contributed by atoms with Crippen LogP contribution in [0.25, 0.3) is 0 Å². The lowest BCUT2D eigenvalue weighted by Crippen LogP contribution is -2.37. The van der Waals surface area contributed by atoms with Crippen LogP contribution in [0.3, 0.4) is 0 Å². The van der Waals surface area contributed by atoms with Gasteiger partial charge in [0.2, 0.25) is 0 Å². The third-order valence-corrected chi connectivity index (χ3v) is 4.62. The van der Waals surface area contributed by atoms with Gasteiger partial charge in [0.1, 0.15) is 11.4 Å². The van der Waals surface area contributed by atoms with Crippen LogP contribution in [-0.2, 0) is 0 Å². The van der Waals surface area contributed by atoms with Crippen molar-refractivity contribution < 1.29 is 14.3 Å². The highest BCUT2D eigenvalue weighted by atomic mass is 35.5. The van der Waals surface area contributed by atoms with Gasteiger partial charge in [0.05, 0.1) is 17.7 Å². The second-order valence-corrected chi connectivity index (χ2v) is 6.27. The van der Waals surface area contributed by atoms with Crippen LogP contribution in [0.2, 0.25) is 5.02 Å². The minimum Gasteiger partial charge on any atom is -0.497 e. The topological polar surface area (TPSA) is 65.6 Å². The molecule has 1 saturated heterocycles. The number of benzene rings is 1. The summed E-state index contributed by atoms with van der Waals surface area (Å²) in [5, 5.41) is 0.368. The first-order chi connectivity index (χ1) is 12.1. The second kappa shape index (κ2) is 7.61. The molecule has 6 nitrogen and oxygen atoms in total. The molecule has 1 aliphatic rings. The first kappa shape index (κ1) is 17.4. The molecule has 0 bridgehead atoms. The standard InChI is InChI=1S/C18H20ClN3O3/c1-25-13-5-6-14(15(19)12-13)17(23)21-8-3-9-22(11-10-21)18(24)16-4-2-7-20-16/h2,4-7,12,20H,3,8-11H2,1H3. The maximum absolute atomic E-state index is 12.8. The van der Waals surface area contributed by atoms with Crippen LogP contribution >= 0.6 is 11.6 Å². The fourth-order valence-electron chi connectivity index (χ4n) is 2.92. The molecule has 3 rings (SSSR count). The Balaban J connectivity index is 1.68. The second-order valence-electron chi connectivity index (χ2n) is 5.87. The summed E-state index contributed by atoms with van der Waals surface area (Å²) < 4.78 is 5.11. The zero-order valence-electron chi connectivity index (χ0n) is 14.0. The van der Waals surface area contributed by atoms with Gasteiger partial charge in [0, 0.05) is 32.4 Å². The number of amides is 2. The van der Waals surface area contributed by atoms with E-state index in [0.29, 0.717) is 48.2 Å². The number of carbonyl (C=O) groups excluding carboxylic acids is 2. The molecule has 1 aliphatic heterocycles. The predicted octanol–water partition coefficient (Wildman–Crippen LogP) is 2.67. The molecular weight excluding hydrogens is 342 g/mol. The minimum absolute atomic E-state index is 0.0400. The van der Waals surface area contributed by atoms with Gasteiger partial charge in [-0.15, -0.1) is 0 Å². The van der Waals surface area contributed by atoms with E-state index in [-0.39, 0.29) is 11.8 Å². The van der Waals surface area contributed by atoms with Gasteiger partial charge >= 0.3 is 0 Å². The number of halogens is 1. The van der Waals surface area contributed by atoms with Gasteiger partial charge in [0.25, 0.3) is 11.8 Å². The number of H-pyrrole nitrogens is 1. The Bertz CT molecular complexity index is 761. The number of hydrogen-bond donors (Lipinski definition) is 1. The molecule has 0 aliphatic carbocycles. The molecule has 7 heteroatoms. The van der Waals surface area contributed by atoms with Crippen LogP contribution in [0.4, 0.5) is 0 Å². The summed E-state index contributed by atoms with van der Waals surface area (Å²) >= 11 is 6.21. The Morgan fingerprint density at radius 2 is 1.80 bits per heavy atom. The lowest BCUT2D eigenvalue weighted by Gasteiger charge is -2.22. The van der Waals surface area contributed by atoms with Crippen molar-refractivity contribution in [2.75, 3.05) is 33.3 Å². The summed E-state index contributed by atoms with van der Waals surface area (Å²) in [5.74, 6) is 0.448. The number of nitrogens with one attached hydrogen (secondary N) is 1. The van der Waals surface area contributed by atoms with Crippen molar-refractivity contribution in [3.63, 3.8) is 0 Å². The summed E-state index contributed by atoms with van der Waals surface area (Å²) in [6.45, 7) is 2.19. The summed E-state index contributed by atoms with van der Waals surface area (Å²) in [4.78, 5) is 31.7. The molecule has 0 radical (unpaired) electrons. The third kappa shape index (κ3) is 3.79. The van der Waals surface area contributed by atoms with Gasteiger partial charge in [-0.2, -0.15) is 0 Å². The average molecular weight is 362 g/mol. The van der Waals surface area contributed by atoms with Gasteiger partial charge < -0.3 is 19.5 Å². The van der Waals surface area contributed by atoms with E-state index in [1.165, 1.54) is 0 Å². The van der Waals surface area contributed by atoms with Gasteiger partial charge in [-0.3, -0.25) is 9.59 Å². The van der Waals surface area contributed by atoms with Crippen molar-refractivity contribution in [1.29, 1.82) is 0 Å². The minimum atomic E-state index is -0.123. The lowest BCUT2D eigenvalue weighted by molar-refractivity contribution is 0.0716. The molecule has 0 atom stereocenters. The molecule has 0 unspecified atom stereocenters. The molecule has 2 aromatic rings. The van der Waals surface area contributed by atoms with Crippen molar-refractivity contribution in [1.82, 2.24) is 14.8 Å². The van der Waals surface area contributed by atoms with Crippen molar-refractivity contribution in [3.05, 3.63) is 52.8 Å². The molecule has 0 spiro atoms. The largest absolute Gasteiger partial charge is 0.497 e. The highest BCUT2D eigenvalue weighted by Crippen LogP contribution is 2.24. The summed E-state index contributed by atoms with van der Waals surface area (Å²) in [5.41, 5.74) is 1.02. The Labute approximate surface area is 151 Å². The first-order valence-corrected chi connectivity index (χ1v) is 8.53. The molecule has 1 aromatic carbocycles. The van der Waals surface area contributed by atoms with Gasteiger partial charge in [0.15, 0.2) is 0 Å². The number of methoxy groups -OCH3 is 1. The van der Waals surface area contributed by atoms with Crippen molar-refractivity contribution >= 4 is 23.4 Å². The van der Waals surface area contributed by atoms with E-state index >= 15 is 0 Å². The lowest BCUT2D eigenvalue weighted by atomic mass is 10.2. The zero-order chi connectivity index (χ0) is 17.8. The predicted molar refractivity (Wildman–Crippen MR) is 95.2 cm³/mol. The molecule has 1 fully saturated rings. The van der Waals surface area contributed by atoms with Crippen LogP contribution < -0.4 is 4.74 Å². The fourth-order valence-corrected chi connectivity index (χ4v) is 3.18. The molecule has 132 valence electrons. The van der Waals surface area contributed by atoms with E-state index in [9.17, 15) is 9.59 Å². The highest BCUT2D eigenvalue weighted by Gasteiger charge is 2.25.